The van der Waals surface area contributed by atoms with E-state index in [1.807, 2.05) is 11.8 Å². The third-order valence-corrected chi connectivity index (χ3v) is 5.58. The molecule has 27 heavy (non-hydrogen) atoms. The molecule has 8 heteroatoms. The Bertz CT molecular complexity index is 963. The van der Waals surface area contributed by atoms with E-state index in [0.717, 1.165) is 6.42 Å². The van der Waals surface area contributed by atoms with Gasteiger partial charge in [-0.25, -0.2) is 0 Å². The maximum atomic E-state index is 13.1. The number of aromatic nitrogens is 2. The summed E-state index contributed by atoms with van der Waals surface area (Å²) in [5.41, 5.74) is 1.44. The van der Waals surface area contributed by atoms with Crippen molar-refractivity contribution in [3.8, 4) is 0 Å². The number of aromatic amines is 1. The molecule has 2 aromatic heterocycles. The highest BCUT2D eigenvalue weighted by molar-refractivity contribution is 5.95. The fourth-order valence-electron chi connectivity index (χ4n) is 4.29. The molecule has 0 saturated carbocycles. The topological polar surface area (TPSA) is 99.5 Å². The summed E-state index contributed by atoms with van der Waals surface area (Å²) >= 11 is 0. The first-order valence-electron chi connectivity index (χ1n) is 9.09. The van der Waals surface area contributed by atoms with Crippen LogP contribution in [0, 0.1) is 19.8 Å². The summed E-state index contributed by atoms with van der Waals surface area (Å²) < 4.78 is 5.09. The molecule has 0 aromatic carbocycles. The first-order chi connectivity index (χ1) is 12.8. The van der Waals surface area contributed by atoms with E-state index in [4.69, 9.17) is 4.52 Å². The smallest absolute Gasteiger partial charge is 0.292 e. The molecule has 0 spiro atoms. The average molecular weight is 370 g/mol. The number of carbonyl (C=O) groups excluding carboxylic acids is 2. The molecule has 142 valence electrons. The van der Waals surface area contributed by atoms with Gasteiger partial charge in [0.25, 0.3) is 17.4 Å². The SMILES string of the molecule is Cc1cc(C(=O)N2C[C@@H]3C[C@@H](C)N(C(=O)c4c[nH]c(=O)c(C)c4)[C@@H]3C2)on1. The van der Waals surface area contributed by atoms with Crippen LogP contribution in [0.25, 0.3) is 0 Å². The van der Waals surface area contributed by atoms with Crippen molar-refractivity contribution in [2.45, 2.75) is 39.3 Å². The normalized spacial score (nSPS) is 24.3. The van der Waals surface area contributed by atoms with Crippen molar-refractivity contribution >= 4 is 11.8 Å². The number of amides is 2. The first-order valence-corrected chi connectivity index (χ1v) is 9.09. The second-order valence-corrected chi connectivity index (χ2v) is 7.57. The van der Waals surface area contributed by atoms with Gasteiger partial charge in [0, 0.05) is 42.9 Å². The van der Waals surface area contributed by atoms with Gasteiger partial charge in [-0.2, -0.15) is 0 Å². The van der Waals surface area contributed by atoms with Crippen molar-refractivity contribution in [2.75, 3.05) is 13.1 Å². The van der Waals surface area contributed by atoms with Crippen LogP contribution in [0.15, 0.2) is 27.6 Å². The number of carbonyl (C=O) groups is 2. The van der Waals surface area contributed by atoms with E-state index in [-0.39, 0.29) is 41.1 Å². The number of nitrogens with one attached hydrogen (secondary N) is 1. The Morgan fingerprint density at radius 3 is 2.67 bits per heavy atom. The van der Waals surface area contributed by atoms with Crippen molar-refractivity contribution in [3.05, 3.63) is 51.3 Å². The van der Waals surface area contributed by atoms with Gasteiger partial charge in [-0.05, 0) is 33.3 Å². The van der Waals surface area contributed by atoms with Crippen LogP contribution in [0.2, 0.25) is 0 Å². The zero-order chi connectivity index (χ0) is 19.3. The Morgan fingerprint density at radius 1 is 1.22 bits per heavy atom. The van der Waals surface area contributed by atoms with Gasteiger partial charge in [-0.3, -0.25) is 14.4 Å². The second-order valence-electron chi connectivity index (χ2n) is 7.57. The summed E-state index contributed by atoms with van der Waals surface area (Å²) in [7, 11) is 0. The fourth-order valence-corrected chi connectivity index (χ4v) is 4.29. The van der Waals surface area contributed by atoms with Gasteiger partial charge in [-0.1, -0.05) is 5.16 Å². The molecule has 8 nitrogen and oxygen atoms in total. The lowest BCUT2D eigenvalue weighted by molar-refractivity contribution is 0.0625. The molecule has 0 radical (unpaired) electrons. The molecule has 2 aliphatic heterocycles. The van der Waals surface area contributed by atoms with E-state index in [1.54, 1.807) is 30.9 Å². The minimum atomic E-state index is -0.195. The number of nitrogens with zero attached hydrogens (tertiary/aromatic N) is 3. The summed E-state index contributed by atoms with van der Waals surface area (Å²) in [5.74, 6) is 0.166. The highest BCUT2D eigenvalue weighted by atomic mass is 16.5. The molecule has 2 aliphatic rings. The predicted octanol–water partition coefficient (Wildman–Crippen LogP) is 1.35. The Labute approximate surface area is 156 Å². The molecule has 4 rings (SSSR count). The Balaban J connectivity index is 1.55. The molecule has 0 unspecified atom stereocenters. The van der Waals surface area contributed by atoms with E-state index >= 15 is 0 Å². The van der Waals surface area contributed by atoms with E-state index in [0.29, 0.717) is 29.9 Å². The minimum absolute atomic E-state index is 0.0345. The zero-order valence-electron chi connectivity index (χ0n) is 15.6. The maximum Gasteiger partial charge on any atom is 0.292 e. The number of fused-ring (bicyclic) bond motifs is 1. The third kappa shape index (κ3) is 2.94. The highest BCUT2D eigenvalue weighted by Crippen LogP contribution is 2.37. The number of pyridine rings is 1. The summed E-state index contributed by atoms with van der Waals surface area (Å²) in [6.07, 6.45) is 2.31. The Hall–Kier alpha value is -2.90. The van der Waals surface area contributed by atoms with Crippen LogP contribution in [0.1, 0.15) is 45.5 Å². The Morgan fingerprint density at radius 2 is 2.00 bits per heavy atom. The van der Waals surface area contributed by atoms with E-state index < -0.39 is 0 Å². The summed E-state index contributed by atoms with van der Waals surface area (Å²) in [4.78, 5) is 43.5. The molecule has 2 aromatic rings. The fraction of sp³-hybridized carbons (Fsp3) is 0.474. The average Bonchev–Trinajstić information content (AvgIpc) is 3.30. The van der Waals surface area contributed by atoms with Crippen LogP contribution in [0.3, 0.4) is 0 Å². The number of likely N-dealkylation sites (tertiary alicyclic amines) is 2. The van der Waals surface area contributed by atoms with Crippen molar-refractivity contribution < 1.29 is 14.1 Å². The van der Waals surface area contributed by atoms with Crippen LogP contribution in [-0.4, -0.2) is 56.9 Å². The molecule has 1 N–H and O–H groups in total. The summed E-state index contributed by atoms with van der Waals surface area (Å²) in [6, 6.07) is 3.30. The van der Waals surface area contributed by atoms with Gasteiger partial charge in [0.2, 0.25) is 5.76 Å². The standard InChI is InChI=1S/C19H22N4O4/c1-10-4-13(7-20-17(10)24)18(25)23-12(3)6-14-8-22(9-15(14)23)19(26)16-5-11(2)21-27-16/h4-5,7,12,14-15H,6,8-9H2,1-3H3,(H,20,24)/t12-,14+,15-/m1/s1. The summed E-state index contributed by atoms with van der Waals surface area (Å²) in [6.45, 7) is 6.55. The first kappa shape index (κ1) is 17.5. The predicted molar refractivity (Wildman–Crippen MR) is 96.5 cm³/mol. The number of aryl methyl sites for hydroxylation is 2. The molecule has 2 amide bonds. The van der Waals surface area contributed by atoms with Crippen molar-refractivity contribution in [2.24, 2.45) is 5.92 Å². The maximum absolute atomic E-state index is 13.1. The van der Waals surface area contributed by atoms with E-state index in [1.165, 1.54) is 6.20 Å². The number of rotatable bonds is 2. The van der Waals surface area contributed by atoms with Crippen LogP contribution < -0.4 is 5.56 Å². The number of hydrogen-bond donors (Lipinski definition) is 1. The molecule has 0 bridgehead atoms. The van der Waals surface area contributed by atoms with Gasteiger partial charge in [-0.15, -0.1) is 0 Å². The molecule has 0 aliphatic carbocycles. The van der Waals surface area contributed by atoms with Crippen LogP contribution >= 0.6 is 0 Å². The lowest BCUT2D eigenvalue weighted by Crippen LogP contribution is -2.44. The van der Waals surface area contributed by atoms with Gasteiger partial charge >= 0.3 is 0 Å². The van der Waals surface area contributed by atoms with Gasteiger partial charge in [0.05, 0.1) is 17.3 Å². The van der Waals surface area contributed by atoms with Gasteiger partial charge < -0.3 is 19.3 Å². The van der Waals surface area contributed by atoms with Crippen LogP contribution in [0.4, 0.5) is 0 Å². The zero-order valence-corrected chi connectivity index (χ0v) is 15.6. The lowest BCUT2D eigenvalue weighted by Gasteiger charge is -2.29. The van der Waals surface area contributed by atoms with Gasteiger partial charge in [0.15, 0.2) is 0 Å². The summed E-state index contributed by atoms with van der Waals surface area (Å²) in [5, 5.41) is 3.78. The molecule has 4 heterocycles. The van der Waals surface area contributed by atoms with Crippen LogP contribution in [-0.2, 0) is 0 Å². The molecule has 2 saturated heterocycles. The van der Waals surface area contributed by atoms with E-state index in [2.05, 4.69) is 10.1 Å². The second kappa shape index (κ2) is 6.37. The third-order valence-electron chi connectivity index (χ3n) is 5.58. The lowest BCUT2D eigenvalue weighted by atomic mass is 10.0. The molecular formula is C19H22N4O4. The monoisotopic (exact) mass is 370 g/mol. The van der Waals surface area contributed by atoms with Crippen LogP contribution in [0.5, 0.6) is 0 Å². The minimum Gasteiger partial charge on any atom is -0.351 e. The highest BCUT2D eigenvalue weighted by Gasteiger charge is 2.48. The number of hydrogen-bond acceptors (Lipinski definition) is 5. The van der Waals surface area contributed by atoms with Crippen molar-refractivity contribution in [1.82, 2.24) is 19.9 Å². The van der Waals surface area contributed by atoms with Crippen molar-refractivity contribution in [1.29, 1.82) is 0 Å². The van der Waals surface area contributed by atoms with Crippen molar-refractivity contribution in [3.63, 3.8) is 0 Å². The largest absolute Gasteiger partial charge is 0.351 e. The number of H-pyrrole nitrogens is 1. The molecule has 2 fully saturated rings. The van der Waals surface area contributed by atoms with Gasteiger partial charge in [0.1, 0.15) is 0 Å². The Kier molecular flexibility index (Phi) is 4.13. The quantitative estimate of drug-likeness (QED) is 0.860. The van der Waals surface area contributed by atoms with E-state index in [9.17, 15) is 14.4 Å². The molecular weight excluding hydrogens is 348 g/mol. The molecule has 3 atom stereocenters.